The zero-order valence-corrected chi connectivity index (χ0v) is 10.8. The number of alkyl halides is 1. The van der Waals surface area contributed by atoms with Gasteiger partial charge in [-0.1, -0.05) is 27.5 Å². The van der Waals surface area contributed by atoms with Gasteiger partial charge in [-0.2, -0.15) is 0 Å². The van der Waals surface area contributed by atoms with E-state index in [1.54, 1.807) is 0 Å². The van der Waals surface area contributed by atoms with Crippen LogP contribution in [-0.2, 0) is 4.79 Å². The lowest BCUT2D eigenvalue weighted by Gasteiger charge is -2.19. The third kappa shape index (κ3) is 3.17. The van der Waals surface area contributed by atoms with Crippen molar-refractivity contribution in [2.75, 3.05) is 10.6 Å². The number of hydrogen-bond acceptors (Lipinski definition) is 2. The Balaban J connectivity index is 2.82. The van der Waals surface area contributed by atoms with Gasteiger partial charge >= 0.3 is 0 Å². The number of benzene rings is 1. The van der Waals surface area contributed by atoms with E-state index in [9.17, 15) is 14.3 Å². The first kappa shape index (κ1) is 13.4. The molecular formula is C10H10BrClFNO2. The van der Waals surface area contributed by atoms with Crippen molar-refractivity contribution in [2.24, 2.45) is 0 Å². The molecule has 6 heteroatoms. The summed E-state index contributed by atoms with van der Waals surface area (Å²) >= 11 is 8.49. The third-order valence-electron chi connectivity index (χ3n) is 1.93. The molecule has 0 saturated heterocycles. The molecule has 0 fully saturated rings. The van der Waals surface area contributed by atoms with Crippen molar-refractivity contribution in [3.8, 4) is 0 Å². The number of halogens is 3. The van der Waals surface area contributed by atoms with Gasteiger partial charge in [0, 0.05) is 11.0 Å². The summed E-state index contributed by atoms with van der Waals surface area (Å²) in [5.74, 6) is -1.25. The normalized spacial score (nSPS) is 14.3. The van der Waals surface area contributed by atoms with Crippen molar-refractivity contribution in [2.45, 2.75) is 12.5 Å². The minimum absolute atomic E-state index is 0.0229. The molecule has 0 bridgehead atoms. The Hall–Kier alpha value is -0.650. The lowest BCUT2D eigenvalue weighted by Crippen LogP contribution is -2.41. The minimum atomic E-state index is -1.55. The van der Waals surface area contributed by atoms with Crippen molar-refractivity contribution in [3.63, 3.8) is 0 Å². The lowest BCUT2D eigenvalue weighted by molar-refractivity contribution is -0.130. The predicted molar refractivity (Wildman–Crippen MR) is 64.5 cm³/mol. The summed E-state index contributed by atoms with van der Waals surface area (Å²) in [6, 6.07) is 3.87. The molecule has 1 rings (SSSR count). The molecule has 88 valence electrons. The van der Waals surface area contributed by atoms with Gasteiger partial charge in [-0.15, -0.1) is 0 Å². The Morgan fingerprint density at radius 3 is 2.81 bits per heavy atom. The van der Waals surface area contributed by atoms with Crippen LogP contribution in [0.4, 0.5) is 10.1 Å². The highest BCUT2D eigenvalue weighted by Crippen LogP contribution is 2.20. The maximum atomic E-state index is 13.1. The molecular weight excluding hydrogens is 300 g/mol. The van der Waals surface area contributed by atoms with Gasteiger partial charge in [-0.25, -0.2) is 4.39 Å². The molecule has 0 aliphatic rings. The molecule has 0 aliphatic heterocycles. The van der Waals surface area contributed by atoms with E-state index in [-0.39, 0.29) is 16.0 Å². The molecule has 1 aromatic carbocycles. The monoisotopic (exact) mass is 309 g/mol. The number of amides is 1. The van der Waals surface area contributed by atoms with Crippen LogP contribution >= 0.6 is 27.5 Å². The van der Waals surface area contributed by atoms with Crippen LogP contribution in [0.15, 0.2) is 18.2 Å². The molecule has 1 atom stereocenters. The molecule has 3 nitrogen and oxygen atoms in total. The highest BCUT2D eigenvalue weighted by Gasteiger charge is 2.28. The average Bonchev–Trinajstić information content (AvgIpc) is 2.23. The van der Waals surface area contributed by atoms with Crippen LogP contribution in [0.1, 0.15) is 6.92 Å². The molecule has 0 aliphatic carbocycles. The van der Waals surface area contributed by atoms with E-state index in [2.05, 4.69) is 21.2 Å². The quantitative estimate of drug-likeness (QED) is 0.843. The molecule has 0 radical (unpaired) electrons. The maximum absolute atomic E-state index is 13.1. The number of anilines is 1. The Bertz CT molecular complexity index is 412. The van der Waals surface area contributed by atoms with Crippen molar-refractivity contribution in [1.29, 1.82) is 0 Å². The Kier molecular flexibility index (Phi) is 4.29. The summed E-state index contributed by atoms with van der Waals surface area (Å²) in [7, 11) is 0. The molecule has 1 aromatic rings. The summed E-state index contributed by atoms with van der Waals surface area (Å²) in [5, 5.41) is 12.0. The van der Waals surface area contributed by atoms with Crippen molar-refractivity contribution in [1.82, 2.24) is 0 Å². The van der Waals surface area contributed by atoms with Gasteiger partial charge in [0.1, 0.15) is 11.4 Å². The molecule has 0 heterocycles. The summed E-state index contributed by atoms with van der Waals surface area (Å²) in [4.78, 5) is 11.5. The molecule has 16 heavy (non-hydrogen) atoms. The number of hydrogen-bond donors (Lipinski definition) is 2. The van der Waals surface area contributed by atoms with Crippen molar-refractivity contribution < 1.29 is 14.3 Å². The topological polar surface area (TPSA) is 49.3 Å². The molecule has 2 N–H and O–H groups in total. The van der Waals surface area contributed by atoms with E-state index in [0.717, 1.165) is 6.07 Å². The zero-order valence-electron chi connectivity index (χ0n) is 8.43. The Morgan fingerprint density at radius 2 is 2.31 bits per heavy atom. The van der Waals surface area contributed by atoms with E-state index in [1.807, 2.05) is 0 Å². The van der Waals surface area contributed by atoms with Crippen LogP contribution in [0, 0.1) is 5.82 Å². The Morgan fingerprint density at radius 1 is 1.69 bits per heavy atom. The second-order valence-corrected chi connectivity index (χ2v) is 4.46. The van der Waals surface area contributed by atoms with E-state index in [1.165, 1.54) is 19.1 Å². The third-order valence-corrected chi connectivity index (χ3v) is 3.33. The predicted octanol–water partition coefficient (Wildman–Crippen LogP) is 2.56. The number of aliphatic hydroxyl groups is 1. The highest BCUT2D eigenvalue weighted by atomic mass is 79.9. The summed E-state index contributed by atoms with van der Waals surface area (Å²) in [6.07, 6.45) is 0. The summed E-state index contributed by atoms with van der Waals surface area (Å²) in [6.45, 7) is 1.35. The van der Waals surface area contributed by atoms with Crippen LogP contribution in [0.5, 0.6) is 0 Å². The standard InChI is InChI=1S/C10H10BrClFNO2/c1-10(16,5-11)9(15)14-6-2-3-7(12)8(13)4-6/h2-4,16H,5H2,1H3,(H,14,15)/t10-/m0/s1. The first-order chi connectivity index (χ1) is 7.36. The fourth-order valence-corrected chi connectivity index (χ4v) is 1.27. The maximum Gasteiger partial charge on any atom is 0.256 e. The number of carbonyl (C=O) groups is 1. The summed E-state index contributed by atoms with van der Waals surface area (Å²) < 4.78 is 13.1. The van der Waals surface area contributed by atoms with Gasteiger partial charge < -0.3 is 10.4 Å². The molecule has 0 saturated carbocycles. The van der Waals surface area contributed by atoms with Crippen LogP contribution in [0.25, 0.3) is 0 Å². The zero-order chi connectivity index (χ0) is 12.3. The SMILES string of the molecule is C[C@](O)(CBr)C(=O)Nc1ccc(Cl)c(F)c1. The molecule has 0 aromatic heterocycles. The van der Waals surface area contributed by atoms with Gasteiger partial charge in [-0.05, 0) is 25.1 Å². The summed E-state index contributed by atoms with van der Waals surface area (Å²) in [5.41, 5.74) is -1.30. The smallest absolute Gasteiger partial charge is 0.256 e. The van der Waals surface area contributed by atoms with Crippen LogP contribution < -0.4 is 5.32 Å². The second-order valence-electron chi connectivity index (χ2n) is 3.49. The fraction of sp³-hybridized carbons (Fsp3) is 0.300. The first-order valence-corrected chi connectivity index (χ1v) is 5.91. The highest BCUT2D eigenvalue weighted by molar-refractivity contribution is 9.09. The first-order valence-electron chi connectivity index (χ1n) is 4.41. The van der Waals surface area contributed by atoms with Crippen LogP contribution in [0.3, 0.4) is 0 Å². The van der Waals surface area contributed by atoms with Crippen LogP contribution in [0.2, 0.25) is 5.02 Å². The largest absolute Gasteiger partial charge is 0.379 e. The molecule has 1 amide bonds. The van der Waals surface area contributed by atoms with Crippen molar-refractivity contribution in [3.05, 3.63) is 29.0 Å². The van der Waals surface area contributed by atoms with E-state index < -0.39 is 17.3 Å². The van der Waals surface area contributed by atoms with E-state index >= 15 is 0 Å². The minimum Gasteiger partial charge on any atom is -0.379 e. The van der Waals surface area contributed by atoms with Crippen LogP contribution in [-0.4, -0.2) is 21.9 Å². The molecule has 0 unspecified atom stereocenters. The average molecular weight is 311 g/mol. The number of nitrogens with one attached hydrogen (secondary N) is 1. The van der Waals surface area contributed by atoms with E-state index in [0.29, 0.717) is 0 Å². The number of carbonyl (C=O) groups excluding carboxylic acids is 1. The van der Waals surface area contributed by atoms with Gasteiger partial charge in [0.05, 0.1) is 5.02 Å². The fourth-order valence-electron chi connectivity index (χ4n) is 0.900. The van der Waals surface area contributed by atoms with Gasteiger partial charge in [0.25, 0.3) is 5.91 Å². The van der Waals surface area contributed by atoms with Gasteiger partial charge in [-0.3, -0.25) is 4.79 Å². The lowest BCUT2D eigenvalue weighted by atomic mass is 10.1. The molecule has 0 spiro atoms. The number of rotatable bonds is 3. The second kappa shape index (κ2) is 5.12. The van der Waals surface area contributed by atoms with Gasteiger partial charge in [0.15, 0.2) is 0 Å². The Labute approximate surface area is 106 Å². The van der Waals surface area contributed by atoms with E-state index in [4.69, 9.17) is 11.6 Å². The van der Waals surface area contributed by atoms with Crippen molar-refractivity contribution >= 4 is 39.1 Å². The van der Waals surface area contributed by atoms with Gasteiger partial charge in [0.2, 0.25) is 0 Å².